The number of nitrogens with zero attached hydrogens (tertiary/aromatic N) is 1. The molecule has 0 radical (unpaired) electrons. The number of carbonyl (C=O) groups is 1. The predicted molar refractivity (Wildman–Crippen MR) is 92.3 cm³/mol. The zero-order valence-electron chi connectivity index (χ0n) is 15.1. The monoisotopic (exact) mass is 298 g/mol. The average molecular weight is 299 g/mol. The van der Waals surface area contributed by atoms with Gasteiger partial charge < -0.3 is 10.6 Å². The molecule has 0 aromatic rings. The lowest BCUT2D eigenvalue weighted by Gasteiger charge is -2.27. The summed E-state index contributed by atoms with van der Waals surface area (Å²) in [7, 11) is 0. The highest BCUT2D eigenvalue weighted by Crippen LogP contribution is 2.21. The van der Waals surface area contributed by atoms with Crippen LogP contribution < -0.4 is 5.73 Å². The van der Waals surface area contributed by atoms with Crippen LogP contribution >= 0.6 is 0 Å². The van der Waals surface area contributed by atoms with Gasteiger partial charge in [0.05, 0.1) is 0 Å². The van der Waals surface area contributed by atoms with Crippen molar-refractivity contribution in [1.29, 1.82) is 0 Å². The van der Waals surface area contributed by atoms with Gasteiger partial charge in [0.1, 0.15) is 0 Å². The van der Waals surface area contributed by atoms with Gasteiger partial charge in [-0.1, -0.05) is 60.3 Å². The largest absolute Gasteiger partial charge is 0.343 e. The van der Waals surface area contributed by atoms with Crippen LogP contribution in [0.3, 0.4) is 0 Å². The molecule has 126 valence electrons. The third kappa shape index (κ3) is 11.7. The van der Waals surface area contributed by atoms with Crippen LogP contribution in [0.4, 0.5) is 0 Å². The Morgan fingerprint density at radius 3 is 1.86 bits per heavy atom. The van der Waals surface area contributed by atoms with Crippen molar-refractivity contribution in [2.45, 2.75) is 92.0 Å². The first-order chi connectivity index (χ1) is 9.80. The van der Waals surface area contributed by atoms with Crippen LogP contribution in [0.2, 0.25) is 0 Å². The zero-order valence-corrected chi connectivity index (χ0v) is 15.1. The van der Waals surface area contributed by atoms with Crippen molar-refractivity contribution in [1.82, 2.24) is 4.90 Å². The van der Waals surface area contributed by atoms with Crippen LogP contribution in [0.1, 0.15) is 86.0 Å². The van der Waals surface area contributed by atoms with E-state index in [1.807, 2.05) is 4.90 Å². The number of carbonyl (C=O) groups excluding carboxylic acids is 1. The van der Waals surface area contributed by atoms with Gasteiger partial charge in [-0.3, -0.25) is 4.79 Å². The molecule has 2 N–H and O–H groups in total. The predicted octanol–water partition coefficient (Wildman–Crippen LogP) is 4.35. The van der Waals surface area contributed by atoms with Gasteiger partial charge in [-0.05, 0) is 24.7 Å². The Kier molecular flexibility index (Phi) is 10.8. The molecule has 0 aliphatic carbocycles. The van der Waals surface area contributed by atoms with E-state index in [0.717, 1.165) is 32.4 Å². The van der Waals surface area contributed by atoms with Gasteiger partial charge in [-0.15, -0.1) is 0 Å². The molecule has 0 aliphatic rings. The smallest absolute Gasteiger partial charge is 0.224 e. The average Bonchev–Trinajstić information content (AvgIpc) is 2.34. The molecule has 0 heterocycles. The van der Waals surface area contributed by atoms with E-state index in [0.29, 0.717) is 6.42 Å². The maximum absolute atomic E-state index is 12.5. The van der Waals surface area contributed by atoms with E-state index in [1.165, 1.54) is 25.7 Å². The second kappa shape index (κ2) is 11.1. The van der Waals surface area contributed by atoms with Crippen molar-refractivity contribution in [3.63, 3.8) is 0 Å². The molecule has 0 aromatic carbocycles. The Morgan fingerprint density at radius 2 is 1.48 bits per heavy atom. The molecule has 0 spiro atoms. The zero-order chi connectivity index (χ0) is 16.3. The van der Waals surface area contributed by atoms with Crippen LogP contribution in [-0.2, 0) is 4.79 Å². The molecular weight excluding hydrogens is 260 g/mol. The summed E-state index contributed by atoms with van der Waals surface area (Å²) in [4.78, 5) is 14.5. The first-order valence-corrected chi connectivity index (χ1v) is 8.83. The molecule has 0 aliphatic heterocycles. The second-order valence-corrected chi connectivity index (χ2v) is 7.52. The number of hydrogen-bond donors (Lipinski definition) is 1. The van der Waals surface area contributed by atoms with Crippen molar-refractivity contribution < 1.29 is 4.79 Å². The van der Waals surface area contributed by atoms with E-state index >= 15 is 0 Å². The highest BCUT2D eigenvalue weighted by Gasteiger charge is 2.21. The summed E-state index contributed by atoms with van der Waals surface area (Å²) in [6.45, 7) is 12.7. The van der Waals surface area contributed by atoms with E-state index in [-0.39, 0.29) is 17.4 Å². The number of unbranched alkanes of at least 4 members (excludes halogenated alkanes) is 4. The molecule has 21 heavy (non-hydrogen) atoms. The number of nitrogens with two attached hydrogens (primary N) is 1. The lowest BCUT2D eigenvalue weighted by atomic mass is 9.87. The fourth-order valence-corrected chi connectivity index (χ4v) is 2.68. The molecule has 1 unspecified atom stereocenters. The van der Waals surface area contributed by atoms with Crippen LogP contribution in [-0.4, -0.2) is 29.9 Å². The molecule has 0 saturated heterocycles. The fourth-order valence-electron chi connectivity index (χ4n) is 2.68. The molecule has 0 saturated carbocycles. The minimum absolute atomic E-state index is 0.0163. The third-order valence-electron chi connectivity index (χ3n) is 3.73. The summed E-state index contributed by atoms with van der Waals surface area (Å²) in [5.74, 6) is 0.249. The van der Waals surface area contributed by atoms with E-state index < -0.39 is 0 Å². The molecule has 1 amide bonds. The number of amides is 1. The summed E-state index contributed by atoms with van der Waals surface area (Å²) in [6, 6.07) is -0.0163. The molecular formula is C18H38N2O. The fraction of sp³-hybridized carbons (Fsp3) is 0.944. The molecule has 0 aromatic heterocycles. The van der Waals surface area contributed by atoms with Gasteiger partial charge in [0, 0.05) is 25.6 Å². The van der Waals surface area contributed by atoms with Crippen LogP contribution in [0.5, 0.6) is 0 Å². The summed E-state index contributed by atoms with van der Waals surface area (Å²) in [6.07, 6.45) is 8.41. The number of hydrogen-bond acceptors (Lipinski definition) is 2. The summed E-state index contributed by atoms with van der Waals surface area (Å²) in [5.41, 5.74) is 6.35. The summed E-state index contributed by atoms with van der Waals surface area (Å²) >= 11 is 0. The Balaban J connectivity index is 4.33. The molecule has 0 bridgehead atoms. The van der Waals surface area contributed by atoms with Gasteiger partial charge in [0.15, 0.2) is 0 Å². The maximum atomic E-state index is 12.5. The Bertz CT molecular complexity index is 261. The first kappa shape index (κ1) is 20.4. The summed E-state index contributed by atoms with van der Waals surface area (Å²) < 4.78 is 0. The van der Waals surface area contributed by atoms with Gasteiger partial charge in [0.25, 0.3) is 0 Å². The van der Waals surface area contributed by atoms with Crippen LogP contribution in [0.25, 0.3) is 0 Å². The molecule has 3 nitrogen and oxygen atoms in total. The van der Waals surface area contributed by atoms with E-state index in [1.54, 1.807) is 0 Å². The lowest BCUT2D eigenvalue weighted by molar-refractivity contribution is -0.131. The Hall–Kier alpha value is -0.570. The minimum Gasteiger partial charge on any atom is -0.343 e. The van der Waals surface area contributed by atoms with E-state index in [4.69, 9.17) is 5.73 Å². The van der Waals surface area contributed by atoms with Gasteiger partial charge in [-0.2, -0.15) is 0 Å². The van der Waals surface area contributed by atoms with Crippen LogP contribution in [0, 0.1) is 5.41 Å². The maximum Gasteiger partial charge on any atom is 0.224 e. The van der Waals surface area contributed by atoms with Crippen molar-refractivity contribution in [3.05, 3.63) is 0 Å². The van der Waals surface area contributed by atoms with Gasteiger partial charge in [0.2, 0.25) is 5.91 Å². The quantitative estimate of drug-likeness (QED) is 0.576. The van der Waals surface area contributed by atoms with Crippen molar-refractivity contribution in [3.8, 4) is 0 Å². The van der Waals surface area contributed by atoms with E-state index in [2.05, 4.69) is 34.6 Å². The van der Waals surface area contributed by atoms with Crippen molar-refractivity contribution >= 4 is 5.91 Å². The van der Waals surface area contributed by atoms with E-state index in [9.17, 15) is 4.79 Å². The Morgan fingerprint density at radius 1 is 1.00 bits per heavy atom. The molecule has 3 heteroatoms. The summed E-state index contributed by atoms with van der Waals surface area (Å²) in [5, 5.41) is 0. The SMILES string of the molecule is CCCCCN(CCCCC)C(=O)CC(N)CC(C)(C)C. The third-order valence-corrected chi connectivity index (χ3v) is 3.73. The van der Waals surface area contributed by atoms with Gasteiger partial charge in [-0.25, -0.2) is 0 Å². The minimum atomic E-state index is -0.0163. The van der Waals surface area contributed by atoms with Gasteiger partial charge >= 0.3 is 0 Å². The van der Waals surface area contributed by atoms with Crippen molar-refractivity contribution in [2.75, 3.05) is 13.1 Å². The molecule has 0 fully saturated rings. The normalized spacial score (nSPS) is 13.2. The molecule has 1 atom stereocenters. The lowest BCUT2D eigenvalue weighted by Crippen LogP contribution is -2.38. The topological polar surface area (TPSA) is 46.3 Å². The Labute approximate surface area is 132 Å². The number of rotatable bonds is 11. The second-order valence-electron chi connectivity index (χ2n) is 7.52. The highest BCUT2D eigenvalue weighted by atomic mass is 16.2. The molecule has 0 rings (SSSR count). The van der Waals surface area contributed by atoms with Crippen molar-refractivity contribution in [2.24, 2.45) is 11.1 Å². The standard InChI is InChI=1S/C18H38N2O/c1-6-8-10-12-20(13-11-9-7-2)17(21)14-16(19)15-18(3,4)5/h16H,6-15,19H2,1-5H3. The van der Waals surface area contributed by atoms with Crippen LogP contribution in [0.15, 0.2) is 0 Å². The first-order valence-electron chi connectivity index (χ1n) is 8.83. The highest BCUT2D eigenvalue weighted by molar-refractivity contribution is 5.76.